The summed E-state index contributed by atoms with van der Waals surface area (Å²) in [6.07, 6.45) is 0. The van der Waals surface area contributed by atoms with E-state index in [1.165, 1.54) is 7.05 Å². The zero-order valence-corrected chi connectivity index (χ0v) is 3.86. The normalized spacial score (nSPS) is 5.00. The largest absolute Gasteiger partial charge is 0.655 e. The number of nitrogens with zero attached hydrogens (tertiary/aromatic N) is 1. The molecule has 0 aromatic carbocycles. The van der Waals surface area contributed by atoms with Crippen LogP contribution in [0, 0.1) is 11.2 Å². The molecule has 0 rings (SSSR count). The number of hydrogen-bond donors (Lipinski definition) is 1. The fourth-order valence-corrected chi connectivity index (χ4v) is 0. The second-order valence-corrected chi connectivity index (χ2v) is 0.430. The van der Waals surface area contributed by atoms with Gasteiger partial charge in [-0.25, -0.2) is 5.26 Å². The quantitative estimate of drug-likeness (QED) is 0.443. The van der Waals surface area contributed by atoms with Gasteiger partial charge in [0, 0.05) is 0 Å². The minimum absolute atomic E-state index is 0.694. The number of halogens is 2. The van der Waals surface area contributed by atoms with Gasteiger partial charge in [0.05, 0.1) is 5.97 Å². The highest BCUT2D eigenvalue weighted by molar-refractivity contribution is 6.52. The molecular weight excluding hydrogens is 101 g/mol. The first-order valence-electron chi connectivity index (χ1n) is 1.53. The Hall–Kier alpha value is -0.625. The van der Waals surface area contributed by atoms with Gasteiger partial charge in [-0.2, -0.15) is 0 Å². The first-order valence-corrected chi connectivity index (χ1v) is 1.53. The highest BCUT2D eigenvalue weighted by Gasteiger charge is 2.06. The molecule has 0 heterocycles. The lowest BCUT2D eigenvalue weighted by molar-refractivity contribution is 0.686. The first kappa shape index (κ1) is 9.62. The van der Waals surface area contributed by atoms with E-state index in [4.69, 9.17) is 5.26 Å². The Morgan fingerprint density at radius 3 is 1.71 bits per heavy atom. The van der Waals surface area contributed by atoms with Crippen molar-refractivity contribution in [2.24, 2.45) is 5.73 Å². The van der Waals surface area contributed by atoms with Crippen molar-refractivity contribution in [1.29, 1.82) is 5.26 Å². The maximum absolute atomic E-state index is 10.4. The van der Waals surface area contributed by atoms with Gasteiger partial charge in [0.2, 0.25) is 0 Å². The molecule has 0 saturated carbocycles. The van der Waals surface area contributed by atoms with Crippen molar-refractivity contribution >= 4 is 7.27 Å². The summed E-state index contributed by atoms with van der Waals surface area (Å²) in [6, 6.07) is 0. The summed E-state index contributed by atoms with van der Waals surface area (Å²) in [5.41, 5.74) is 4.50. The molecule has 0 aliphatic carbocycles. The second-order valence-electron chi connectivity index (χ2n) is 0.430. The molecule has 2 nitrogen and oxygen atoms in total. The number of nitriles is 1. The van der Waals surface area contributed by atoms with Crippen molar-refractivity contribution in [2.75, 3.05) is 7.05 Å². The van der Waals surface area contributed by atoms with Crippen LogP contribution in [0.2, 0.25) is 0 Å². The van der Waals surface area contributed by atoms with E-state index >= 15 is 0 Å². The van der Waals surface area contributed by atoms with Crippen LogP contribution in [0.3, 0.4) is 0 Å². The van der Waals surface area contributed by atoms with Crippen LogP contribution < -0.4 is 5.73 Å². The Labute approximate surface area is 41.1 Å². The molecule has 0 unspecified atom stereocenters. The van der Waals surface area contributed by atoms with Gasteiger partial charge in [0.25, 0.3) is 0 Å². The van der Waals surface area contributed by atoms with Crippen molar-refractivity contribution in [3.8, 4) is 5.97 Å². The lowest BCUT2D eigenvalue weighted by atomic mass is 10.1. The lowest BCUT2D eigenvalue weighted by Gasteiger charge is -1.58. The molecular formula is C2H5BF2N2. The third-order valence-electron chi connectivity index (χ3n) is 0.0976. The molecule has 0 spiro atoms. The van der Waals surface area contributed by atoms with Gasteiger partial charge in [-0.05, 0) is 7.05 Å². The van der Waals surface area contributed by atoms with E-state index in [9.17, 15) is 8.63 Å². The Balaban J connectivity index is 0. The van der Waals surface area contributed by atoms with E-state index in [2.05, 4.69) is 5.73 Å². The maximum Gasteiger partial charge on any atom is 0.655 e. The highest BCUT2D eigenvalue weighted by atomic mass is 19.2. The third-order valence-corrected chi connectivity index (χ3v) is 0.0976. The van der Waals surface area contributed by atoms with Crippen LogP contribution >= 0.6 is 0 Å². The lowest BCUT2D eigenvalue weighted by Crippen LogP contribution is -1.85. The highest BCUT2D eigenvalue weighted by Crippen LogP contribution is 1.76. The van der Waals surface area contributed by atoms with Crippen LogP contribution in [0.1, 0.15) is 0 Å². The third kappa shape index (κ3) is 32.4. The molecule has 0 aliphatic rings. The van der Waals surface area contributed by atoms with Crippen LogP contribution in [0.15, 0.2) is 0 Å². The molecule has 40 valence electrons. The number of rotatable bonds is 0. The van der Waals surface area contributed by atoms with E-state index < -0.39 is 7.27 Å². The summed E-state index contributed by atoms with van der Waals surface area (Å²) in [7, 11) is -1.31. The Kier molecular flexibility index (Phi) is 12.4. The predicted molar refractivity (Wildman–Crippen MR) is 23.7 cm³/mol. The summed E-state index contributed by atoms with van der Waals surface area (Å²) in [4.78, 5) is 0. The van der Waals surface area contributed by atoms with Crippen LogP contribution in [-0.2, 0) is 0 Å². The SMILES string of the molecule is CN.N#CB(F)F. The molecule has 7 heavy (non-hydrogen) atoms. The zero-order chi connectivity index (χ0) is 6.28. The summed E-state index contributed by atoms with van der Waals surface area (Å²) in [6.45, 7) is 0. The van der Waals surface area contributed by atoms with Crippen molar-refractivity contribution < 1.29 is 8.63 Å². The molecule has 0 aliphatic heterocycles. The molecule has 0 aromatic rings. The van der Waals surface area contributed by atoms with Crippen molar-refractivity contribution in [1.82, 2.24) is 0 Å². The predicted octanol–water partition coefficient (Wildman–Crippen LogP) is 0.0513. The van der Waals surface area contributed by atoms with E-state index in [1.807, 2.05) is 0 Å². The standard InChI is InChI=1S/CBF2N.CH5N/c3-2(4)1-5;1-2/h;2H2,1H3. The van der Waals surface area contributed by atoms with Crippen molar-refractivity contribution in [3.63, 3.8) is 0 Å². The van der Waals surface area contributed by atoms with Crippen LogP contribution in [0.25, 0.3) is 0 Å². The monoisotopic (exact) mass is 106 g/mol. The van der Waals surface area contributed by atoms with E-state index in [-0.39, 0.29) is 0 Å². The minimum atomic E-state index is -2.81. The summed E-state index contributed by atoms with van der Waals surface area (Å²) in [5, 5.41) is 7.14. The fourth-order valence-electron chi connectivity index (χ4n) is 0. The molecule has 0 amide bonds. The first-order chi connectivity index (χ1) is 3.27. The molecule has 5 heteroatoms. The van der Waals surface area contributed by atoms with Gasteiger partial charge < -0.3 is 5.73 Å². The van der Waals surface area contributed by atoms with Crippen molar-refractivity contribution in [3.05, 3.63) is 0 Å². The Morgan fingerprint density at radius 1 is 1.57 bits per heavy atom. The van der Waals surface area contributed by atoms with Gasteiger partial charge >= 0.3 is 7.27 Å². The molecule has 0 fully saturated rings. The van der Waals surface area contributed by atoms with E-state index in [0.29, 0.717) is 5.97 Å². The van der Waals surface area contributed by atoms with E-state index in [1.54, 1.807) is 0 Å². The fraction of sp³-hybridized carbons (Fsp3) is 0.500. The van der Waals surface area contributed by atoms with Crippen LogP contribution in [0.4, 0.5) is 8.63 Å². The molecule has 0 atom stereocenters. The zero-order valence-electron chi connectivity index (χ0n) is 3.86. The molecule has 0 radical (unpaired) electrons. The summed E-state index contributed by atoms with van der Waals surface area (Å²) >= 11 is 0. The van der Waals surface area contributed by atoms with Gasteiger partial charge in [-0.15, -0.1) is 0 Å². The average Bonchev–Trinajstić information content (AvgIpc) is 1.73. The number of nitrogens with two attached hydrogens (primary N) is 1. The topological polar surface area (TPSA) is 49.8 Å². The molecule has 0 aromatic heterocycles. The summed E-state index contributed by atoms with van der Waals surface area (Å²) in [5.74, 6) is 0.694. The van der Waals surface area contributed by atoms with Crippen LogP contribution in [-0.4, -0.2) is 14.3 Å². The van der Waals surface area contributed by atoms with Gasteiger partial charge in [0.1, 0.15) is 0 Å². The molecule has 0 bridgehead atoms. The summed E-state index contributed by atoms with van der Waals surface area (Å²) < 4.78 is 20.8. The average molecular weight is 106 g/mol. The van der Waals surface area contributed by atoms with Gasteiger partial charge in [-0.1, -0.05) is 0 Å². The van der Waals surface area contributed by atoms with Gasteiger partial charge in [-0.3, -0.25) is 8.63 Å². The smallest absolute Gasteiger partial charge is 0.333 e. The molecule has 2 N–H and O–H groups in total. The maximum atomic E-state index is 10.4. The number of hydrogen-bond acceptors (Lipinski definition) is 2. The minimum Gasteiger partial charge on any atom is -0.333 e. The van der Waals surface area contributed by atoms with E-state index in [0.717, 1.165) is 0 Å². The van der Waals surface area contributed by atoms with Gasteiger partial charge in [0.15, 0.2) is 0 Å². The van der Waals surface area contributed by atoms with Crippen molar-refractivity contribution in [2.45, 2.75) is 0 Å². The Bertz CT molecular complexity index is 59.2. The Morgan fingerprint density at radius 2 is 1.71 bits per heavy atom. The molecule has 0 saturated heterocycles. The second kappa shape index (κ2) is 9.03. The van der Waals surface area contributed by atoms with Crippen LogP contribution in [0.5, 0.6) is 0 Å².